The lowest BCUT2D eigenvalue weighted by atomic mass is 9.86. The predicted octanol–water partition coefficient (Wildman–Crippen LogP) is 0.937. The number of rotatable bonds is 6. The van der Waals surface area contributed by atoms with Crippen LogP contribution in [0.15, 0.2) is 0 Å². The average Bonchev–Trinajstić information content (AvgIpc) is 2.28. The molecule has 4 heteroatoms. The number of hydrogen-bond acceptors (Lipinski definition) is 4. The van der Waals surface area contributed by atoms with E-state index in [4.69, 9.17) is 5.73 Å². The van der Waals surface area contributed by atoms with Crippen molar-refractivity contribution < 1.29 is 5.11 Å². The van der Waals surface area contributed by atoms with Crippen LogP contribution in [0, 0.1) is 0 Å². The summed E-state index contributed by atoms with van der Waals surface area (Å²) >= 11 is 0. The van der Waals surface area contributed by atoms with Gasteiger partial charge in [-0.05, 0) is 47.0 Å². The number of aliphatic hydroxyl groups is 1. The van der Waals surface area contributed by atoms with Crippen molar-refractivity contribution in [2.75, 3.05) is 19.6 Å². The Bertz CT molecular complexity index is 235. The number of nitrogens with zero attached hydrogens (tertiary/aromatic N) is 1. The number of aliphatic hydroxyl groups excluding tert-OH is 1. The molecule has 2 unspecified atom stereocenters. The summed E-state index contributed by atoms with van der Waals surface area (Å²) in [5.74, 6) is 0. The van der Waals surface area contributed by atoms with E-state index in [0.717, 1.165) is 32.4 Å². The Kier molecular flexibility index (Phi) is 6.05. The van der Waals surface area contributed by atoms with Crippen LogP contribution in [0.1, 0.15) is 47.0 Å². The minimum absolute atomic E-state index is 0.0691. The third kappa shape index (κ3) is 4.50. The quantitative estimate of drug-likeness (QED) is 0.663. The first-order valence-electron chi connectivity index (χ1n) is 7.28. The number of likely N-dealkylation sites (tertiary alicyclic amines) is 1. The molecule has 1 aliphatic rings. The maximum Gasteiger partial charge on any atom is 0.0526 e. The summed E-state index contributed by atoms with van der Waals surface area (Å²) in [6.45, 7) is 11.4. The van der Waals surface area contributed by atoms with Crippen LogP contribution in [0.5, 0.6) is 0 Å². The van der Waals surface area contributed by atoms with Crippen molar-refractivity contribution in [3.05, 3.63) is 0 Å². The number of hydrogen-bond donors (Lipinski definition) is 3. The molecule has 4 N–H and O–H groups in total. The van der Waals surface area contributed by atoms with E-state index in [0.29, 0.717) is 18.6 Å². The summed E-state index contributed by atoms with van der Waals surface area (Å²) in [7, 11) is 0. The van der Waals surface area contributed by atoms with Gasteiger partial charge in [0, 0.05) is 37.3 Å². The van der Waals surface area contributed by atoms with E-state index in [-0.39, 0.29) is 11.6 Å². The number of piperidine rings is 1. The van der Waals surface area contributed by atoms with Crippen molar-refractivity contribution >= 4 is 0 Å². The lowest BCUT2D eigenvalue weighted by Gasteiger charge is -2.45. The smallest absolute Gasteiger partial charge is 0.0526 e. The normalized spacial score (nSPS) is 24.2. The van der Waals surface area contributed by atoms with Gasteiger partial charge in [-0.2, -0.15) is 0 Å². The molecule has 1 heterocycles. The van der Waals surface area contributed by atoms with Crippen LogP contribution in [0.25, 0.3) is 0 Å². The zero-order valence-electron chi connectivity index (χ0n) is 12.4. The van der Waals surface area contributed by atoms with Crippen LogP contribution in [0.2, 0.25) is 0 Å². The second-order valence-corrected chi connectivity index (χ2v) is 6.24. The van der Waals surface area contributed by atoms with Crippen molar-refractivity contribution in [2.45, 2.75) is 70.7 Å². The molecule has 0 bridgehead atoms. The average molecular weight is 257 g/mol. The highest BCUT2D eigenvalue weighted by molar-refractivity contribution is 4.96. The highest BCUT2D eigenvalue weighted by Crippen LogP contribution is 2.23. The Hall–Kier alpha value is -0.160. The summed E-state index contributed by atoms with van der Waals surface area (Å²) in [5, 5.41) is 13.1. The molecule has 2 atom stereocenters. The van der Waals surface area contributed by atoms with Gasteiger partial charge in [-0.3, -0.25) is 0 Å². The van der Waals surface area contributed by atoms with Gasteiger partial charge < -0.3 is 21.1 Å². The second-order valence-electron chi connectivity index (χ2n) is 6.24. The molecular weight excluding hydrogens is 226 g/mol. The fourth-order valence-electron chi connectivity index (χ4n) is 2.97. The largest absolute Gasteiger partial charge is 0.393 e. The lowest BCUT2D eigenvalue weighted by molar-refractivity contribution is 0.0973. The van der Waals surface area contributed by atoms with Crippen molar-refractivity contribution in [1.82, 2.24) is 10.2 Å². The van der Waals surface area contributed by atoms with E-state index in [1.54, 1.807) is 0 Å². The summed E-state index contributed by atoms with van der Waals surface area (Å²) in [6, 6.07) is 0.940. The lowest BCUT2D eigenvalue weighted by Crippen LogP contribution is -2.60. The maximum absolute atomic E-state index is 9.44. The molecule has 1 aliphatic heterocycles. The van der Waals surface area contributed by atoms with Crippen molar-refractivity contribution in [1.29, 1.82) is 0 Å². The van der Waals surface area contributed by atoms with Crippen LogP contribution < -0.4 is 11.1 Å². The molecule has 0 aliphatic carbocycles. The van der Waals surface area contributed by atoms with Gasteiger partial charge in [0.2, 0.25) is 0 Å². The van der Waals surface area contributed by atoms with Crippen molar-refractivity contribution in [3.63, 3.8) is 0 Å². The van der Waals surface area contributed by atoms with Gasteiger partial charge in [0.05, 0.1) is 6.10 Å². The Morgan fingerprint density at radius 2 is 1.78 bits per heavy atom. The van der Waals surface area contributed by atoms with Crippen molar-refractivity contribution in [2.24, 2.45) is 5.73 Å². The molecule has 0 aromatic heterocycles. The molecule has 4 nitrogen and oxygen atoms in total. The fourth-order valence-corrected chi connectivity index (χ4v) is 2.97. The molecule has 1 fully saturated rings. The van der Waals surface area contributed by atoms with Gasteiger partial charge in [0.15, 0.2) is 0 Å². The van der Waals surface area contributed by atoms with E-state index in [1.165, 1.54) is 0 Å². The highest BCUT2D eigenvalue weighted by atomic mass is 16.3. The Morgan fingerprint density at radius 1 is 1.22 bits per heavy atom. The highest BCUT2D eigenvalue weighted by Gasteiger charge is 2.34. The van der Waals surface area contributed by atoms with Gasteiger partial charge in [0.25, 0.3) is 0 Å². The molecule has 0 amide bonds. The molecule has 1 rings (SSSR count). The molecule has 0 radical (unpaired) electrons. The number of nitrogens with one attached hydrogen (secondary N) is 1. The minimum Gasteiger partial charge on any atom is -0.393 e. The van der Waals surface area contributed by atoms with Crippen LogP contribution in [-0.4, -0.2) is 53.4 Å². The third-order valence-electron chi connectivity index (χ3n) is 4.12. The summed E-state index contributed by atoms with van der Waals surface area (Å²) < 4.78 is 0. The van der Waals surface area contributed by atoms with Crippen LogP contribution in [0.3, 0.4) is 0 Å². The Labute approximate surface area is 112 Å². The first-order chi connectivity index (χ1) is 8.38. The molecule has 18 heavy (non-hydrogen) atoms. The Morgan fingerprint density at radius 3 is 2.17 bits per heavy atom. The zero-order valence-corrected chi connectivity index (χ0v) is 12.4. The SMILES string of the molecule is CC(O)CC(C)NC1(CN)CCN(C(C)C)CC1. The molecule has 0 spiro atoms. The standard InChI is InChI=1S/C14H31N3O/c1-11(2)17-7-5-14(10-15,6-8-17)16-12(3)9-13(4)18/h11-13,16,18H,5-10,15H2,1-4H3. The Balaban J connectivity index is 2.50. The van der Waals surface area contributed by atoms with Gasteiger partial charge >= 0.3 is 0 Å². The van der Waals surface area contributed by atoms with E-state index >= 15 is 0 Å². The summed E-state index contributed by atoms with van der Waals surface area (Å²) in [5.41, 5.74) is 6.06. The second kappa shape index (κ2) is 6.85. The van der Waals surface area contributed by atoms with Gasteiger partial charge in [0.1, 0.15) is 0 Å². The summed E-state index contributed by atoms with van der Waals surface area (Å²) in [6.07, 6.45) is 2.74. The van der Waals surface area contributed by atoms with Gasteiger partial charge in [-0.15, -0.1) is 0 Å². The molecule has 108 valence electrons. The minimum atomic E-state index is -0.252. The molecule has 1 saturated heterocycles. The van der Waals surface area contributed by atoms with Crippen LogP contribution in [-0.2, 0) is 0 Å². The summed E-state index contributed by atoms with van der Waals surface area (Å²) in [4.78, 5) is 2.51. The van der Waals surface area contributed by atoms with E-state index in [1.807, 2.05) is 6.92 Å². The van der Waals surface area contributed by atoms with Crippen LogP contribution >= 0.6 is 0 Å². The van der Waals surface area contributed by atoms with Gasteiger partial charge in [-0.25, -0.2) is 0 Å². The molecular formula is C14H31N3O. The number of nitrogens with two attached hydrogens (primary N) is 1. The molecule has 0 saturated carbocycles. The van der Waals surface area contributed by atoms with E-state index in [9.17, 15) is 5.11 Å². The maximum atomic E-state index is 9.44. The van der Waals surface area contributed by atoms with Gasteiger partial charge in [-0.1, -0.05) is 0 Å². The molecule has 0 aromatic carbocycles. The van der Waals surface area contributed by atoms with E-state index < -0.39 is 0 Å². The van der Waals surface area contributed by atoms with Crippen LogP contribution in [0.4, 0.5) is 0 Å². The van der Waals surface area contributed by atoms with E-state index in [2.05, 4.69) is 31.0 Å². The topological polar surface area (TPSA) is 61.5 Å². The first-order valence-corrected chi connectivity index (χ1v) is 7.28. The monoisotopic (exact) mass is 257 g/mol. The fraction of sp³-hybridized carbons (Fsp3) is 1.00. The third-order valence-corrected chi connectivity index (χ3v) is 4.12. The molecule has 0 aromatic rings. The predicted molar refractivity (Wildman–Crippen MR) is 76.6 cm³/mol. The first kappa shape index (κ1) is 15.9. The van der Waals surface area contributed by atoms with Crippen molar-refractivity contribution in [3.8, 4) is 0 Å². The zero-order chi connectivity index (χ0) is 13.8.